The van der Waals surface area contributed by atoms with Gasteiger partial charge in [0.1, 0.15) is 0 Å². The smallest absolute Gasteiger partial charge is 0.243 e. The summed E-state index contributed by atoms with van der Waals surface area (Å²) in [5.41, 5.74) is 1.85. The average Bonchev–Trinajstić information content (AvgIpc) is 2.39. The first-order chi connectivity index (χ1) is 9.32. The van der Waals surface area contributed by atoms with Gasteiger partial charge in [-0.2, -0.15) is 4.31 Å². The Labute approximate surface area is 120 Å². The second-order valence-electron chi connectivity index (χ2n) is 5.48. The lowest BCUT2D eigenvalue weighted by Gasteiger charge is -2.35. The van der Waals surface area contributed by atoms with Gasteiger partial charge < -0.3 is 5.11 Å². The Morgan fingerprint density at radius 2 is 1.95 bits per heavy atom. The van der Waals surface area contributed by atoms with Gasteiger partial charge in [0.05, 0.1) is 11.0 Å². The van der Waals surface area contributed by atoms with Gasteiger partial charge in [0.25, 0.3) is 0 Å². The Hall–Kier alpha value is -1.17. The zero-order chi connectivity index (χ0) is 14.9. The van der Waals surface area contributed by atoms with E-state index in [1.807, 2.05) is 13.8 Å². The first kappa shape index (κ1) is 15.2. The van der Waals surface area contributed by atoms with Gasteiger partial charge in [0.2, 0.25) is 10.0 Å². The van der Waals surface area contributed by atoms with Crippen LogP contribution in [0.15, 0.2) is 41.3 Å². The summed E-state index contributed by atoms with van der Waals surface area (Å²) in [5.74, 6) is -0.191. The van der Waals surface area contributed by atoms with Crippen molar-refractivity contribution in [2.24, 2.45) is 5.92 Å². The summed E-state index contributed by atoms with van der Waals surface area (Å²) in [6, 6.07) is 6.85. The van der Waals surface area contributed by atoms with Crippen molar-refractivity contribution in [1.82, 2.24) is 4.31 Å². The van der Waals surface area contributed by atoms with Crippen molar-refractivity contribution in [3.8, 4) is 0 Å². The van der Waals surface area contributed by atoms with Gasteiger partial charge in [0, 0.05) is 19.0 Å². The largest absolute Gasteiger partial charge is 0.392 e. The molecule has 20 heavy (non-hydrogen) atoms. The molecule has 1 aromatic carbocycles. The van der Waals surface area contributed by atoms with Gasteiger partial charge in [-0.05, 0) is 32.4 Å². The molecule has 0 bridgehead atoms. The van der Waals surface area contributed by atoms with Gasteiger partial charge in [0.15, 0.2) is 0 Å². The summed E-state index contributed by atoms with van der Waals surface area (Å²) in [6.45, 7) is 8.25. The highest BCUT2D eigenvalue weighted by Crippen LogP contribution is 2.27. The van der Waals surface area contributed by atoms with Crippen LogP contribution in [0.25, 0.3) is 0 Å². The minimum absolute atomic E-state index is 0.191. The number of sulfonamides is 1. The van der Waals surface area contributed by atoms with Gasteiger partial charge in [-0.25, -0.2) is 8.42 Å². The third kappa shape index (κ3) is 2.95. The molecule has 1 heterocycles. The Morgan fingerprint density at radius 1 is 1.35 bits per heavy atom. The zero-order valence-electron chi connectivity index (χ0n) is 11.9. The standard InChI is InChI=1S/C15H21NO3S/c1-11(2)14-10-16(9-8-15(14)17)20(18,19)13-6-4-12(3)5-7-13/h4-7,14-15,17H,1,8-10H2,2-3H3/t14-,15+/m1/s1. The van der Waals surface area contributed by atoms with Crippen LogP contribution in [0.1, 0.15) is 18.9 Å². The molecular weight excluding hydrogens is 274 g/mol. The summed E-state index contributed by atoms with van der Waals surface area (Å²) >= 11 is 0. The predicted molar refractivity (Wildman–Crippen MR) is 78.9 cm³/mol. The lowest BCUT2D eigenvalue weighted by Crippen LogP contribution is -2.46. The maximum absolute atomic E-state index is 12.6. The zero-order valence-corrected chi connectivity index (χ0v) is 12.7. The van der Waals surface area contributed by atoms with Crippen LogP contribution in [0.5, 0.6) is 0 Å². The highest BCUT2D eigenvalue weighted by molar-refractivity contribution is 7.89. The van der Waals surface area contributed by atoms with Crippen LogP contribution in [0.3, 0.4) is 0 Å². The molecule has 0 spiro atoms. The molecule has 1 aromatic rings. The van der Waals surface area contributed by atoms with Crippen molar-refractivity contribution in [1.29, 1.82) is 0 Å². The topological polar surface area (TPSA) is 57.6 Å². The Morgan fingerprint density at radius 3 is 2.50 bits per heavy atom. The van der Waals surface area contributed by atoms with E-state index in [2.05, 4.69) is 6.58 Å². The van der Waals surface area contributed by atoms with Crippen LogP contribution in [0.2, 0.25) is 0 Å². The number of hydrogen-bond donors (Lipinski definition) is 1. The molecule has 0 amide bonds. The van der Waals surface area contributed by atoms with Crippen molar-refractivity contribution in [2.45, 2.75) is 31.3 Å². The number of piperidine rings is 1. The number of aliphatic hydroxyl groups excluding tert-OH is 1. The van der Waals surface area contributed by atoms with Crippen LogP contribution < -0.4 is 0 Å². The van der Waals surface area contributed by atoms with Crippen LogP contribution in [0.4, 0.5) is 0 Å². The monoisotopic (exact) mass is 295 g/mol. The summed E-state index contributed by atoms with van der Waals surface area (Å²) in [7, 11) is -3.49. The fourth-order valence-electron chi connectivity index (χ4n) is 2.47. The molecule has 1 N–H and O–H groups in total. The van der Waals surface area contributed by atoms with Crippen molar-refractivity contribution >= 4 is 10.0 Å². The fraction of sp³-hybridized carbons (Fsp3) is 0.467. The van der Waals surface area contributed by atoms with Crippen LogP contribution >= 0.6 is 0 Å². The number of hydrogen-bond acceptors (Lipinski definition) is 3. The minimum Gasteiger partial charge on any atom is -0.392 e. The van der Waals surface area contributed by atoms with E-state index in [1.54, 1.807) is 24.3 Å². The van der Waals surface area contributed by atoms with Crippen molar-refractivity contribution < 1.29 is 13.5 Å². The first-order valence-electron chi connectivity index (χ1n) is 6.72. The molecule has 1 fully saturated rings. The van der Waals surface area contributed by atoms with Crippen molar-refractivity contribution in [3.05, 3.63) is 42.0 Å². The molecule has 0 saturated carbocycles. The molecule has 1 saturated heterocycles. The number of rotatable bonds is 3. The Kier molecular flexibility index (Phi) is 4.32. The summed E-state index contributed by atoms with van der Waals surface area (Å²) < 4.78 is 26.6. The quantitative estimate of drug-likeness (QED) is 0.867. The van der Waals surface area contributed by atoms with Crippen LogP contribution in [-0.4, -0.2) is 37.0 Å². The van der Waals surface area contributed by atoms with E-state index in [0.29, 0.717) is 24.4 Å². The molecule has 110 valence electrons. The predicted octanol–water partition coefficient (Wildman–Crippen LogP) is 1.94. The maximum atomic E-state index is 12.6. The van der Waals surface area contributed by atoms with E-state index >= 15 is 0 Å². The molecule has 0 unspecified atom stereocenters. The molecule has 1 aliphatic heterocycles. The van der Waals surface area contributed by atoms with Crippen LogP contribution in [0, 0.1) is 12.8 Å². The lowest BCUT2D eigenvalue weighted by molar-refractivity contribution is 0.0710. The highest BCUT2D eigenvalue weighted by atomic mass is 32.2. The van der Waals surface area contributed by atoms with E-state index in [9.17, 15) is 13.5 Å². The van der Waals surface area contributed by atoms with Crippen molar-refractivity contribution in [2.75, 3.05) is 13.1 Å². The third-order valence-corrected chi connectivity index (χ3v) is 5.71. The van der Waals surface area contributed by atoms with E-state index in [4.69, 9.17) is 0 Å². The molecule has 2 rings (SSSR count). The van der Waals surface area contributed by atoms with Gasteiger partial charge >= 0.3 is 0 Å². The summed E-state index contributed by atoms with van der Waals surface area (Å²) in [4.78, 5) is 0.306. The number of benzene rings is 1. The first-order valence-corrected chi connectivity index (χ1v) is 8.16. The minimum atomic E-state index is -3.49. The SMILES string of the molecule is C=C(C)[C@H]1CN(S(=O)(=O)c2ccc(C)cc2)CC[C@@H]1O. The van der Waals surface area contributed by atoms with E-state index in [1.165, 1.54) is 4.31 Å². The van der Waals surface area contributed by atoms with E-state index in [0.717, 1.165) is 11.1 Å². The van der Waals surface area contributed by atoms with Gasteiger partial charge in [-0.15, -0.1) is 0 Å². The van der Waals surface area contributed by atoms with Gasteiger partial charge in [-0.1, -0.05) is 29.8 Å². The molecule has 5 heteroatoms. The van der Waals surface area contributed by atoms with Gasteiger partial charge in [-0.3, -0.25) is 0 Å². The second-order valence-corrected chi connectivity index (χ2v) is 7.42. The number of nitrogens with zero attached hydrogens (tertiary/aromatic N) is 1. The number of aliphatic hydroxyl groups is 1. The lowest BCUT2D eigenvalue weighted by atomic mass is 9.90. The molecule has 0 aromatic heterocycles. The van der Waals surface area contributed by atoms with E-state index < -0.39 is 16.1 Å². The third-order valence-electron chi connectivity index (χ3n) is 3.83. The highest BCUT2D eigenvalue weighted by Gasteiger charge is 2.34. The molecule has 0 radical (unpaired) electrons. The van der Waals surface area contributed by atoms with Crippen LogP contribution in [-0.2, 0) is 10.0 Å². The van der Waals surface area contributed by atoms with Crippen molar-refractivity contribution in [3.63, 3.8) is 0 Å². The molecule has 2 atom stereocenters. The van der Waals surface area contributed by atoms with E-state index in [-0.39, 0.29) is 5.92 Å². The summed E-state index contributed by atoms with van der Waals surface area (Å²) in [6.07, 6.45) is -0.0558. The average molecular weight is 295 g/mol. The molecule has 0 aliphatic carbocycles. The fourth-order valence-corrected chi connectivity index (χ4v) is 3.95. The number of aryl methyl sites for hydroxylation is 1. The normalized spacial score (nSPS) is 24.6. The molecular formula is C15H21NO3S. The molecule has 4 nitrogen and oxygen atoms in total. The Bertz CT molecular complexity index is 592. The Balaban J connectivity index is 2.26. The molecule has 1 aliphatic rings. The second kappa shape index (κ2) is 5.68. The maximum Gasteiger partial charge on any atom is 0.243 e. The summed E-state index contributed by atoms with van der Waals surface area (Å²) in [5, 5.41) is 9.95.